The molecule has 0 saturated carbocycles. The number of nitrogens with zero attached hydrogens (tertiary/aromatic N) is 1. The Morgan fingerprint density at radius 2 is 2.05 bits per heavy atom. The van der Waals surface area contributed by atoms with E-state index >= 15 is 0 Å². The molecule has 0 aliphatic carbocycles. The van der Waals surface area contributed by atoms with Gasteiger partial charge in [0.25, 0.3) is 0 Å². The molecule has 4 heteroatoms. The van der Waals surface area contributed by atoms with Crippen molar-refractivity contribution in [2.24, 2.45) is 5.73 Å². The first-order valence-electron chi connectivity index (χ1n) is 6.76. The van der Waals surface area contributed by atoms with Crippen molar-refractivity contribution < 1.29 is 9.84 Å². The molecule has 0 amide bonds. The molecule has 1 unspecified atom stereocenters. The van der Waals surface area contributed by atoms with Gasteiger partial charge in [-0.25, -0.2) is 0 Å². The molecule has 1 atom stereocenters. The molecule has 19 heavy (non-hydrogen) atoms. The average Bonchev–Trinajstić information content (AvgIpc) is 2.42. The van der Waals surface area contributed by atoms with Gasteiger partial charge in [0.2, 0.25) is 0 Å². The van der Waals surface area contributed by atoms with E-state index in [2.05, 4.69) is 18.7 Å². The zero-order valence-corrected chi connectivity index (χ0v) is 11.8. The Labute approximate surface area is 115 Å². The first kappa shape index (κ1) is 14.5. The van der Waals surface area contributed by atoms with Crippen LogP contribution in [-0.4, -0.2) is 48.5 Å². The Kier molecular flexibility index (Phi) is 4.26. The van der Waals surface area contributed by atoms with Crippen LogP contribution in [0.4, 0.5) is 0 Å². The van der Waals surface area contributed by atoms with E-state index < -0.39 is 5.54 Å². The lowest BCUT2D eigenvalue weighted by atomic mass is 9.89. The van der Waals surface area contributed by atoms with Crippen LogP contribution in [0, 0.1) is 0 Å². The highest BCUT2D eigenvalue weighted by Crippen LogP contribution is 2.25. The third-order valence-corrected chi connectivity index (χ3v) is 3.92. The van der Waals surface area contributed by atoms with Crippen molar-refractivity contribution in [2.75, 3.05) is 32.9 Å². The van der Waals surface area contributed by atoms with Crippen LogP contribution >= 0.6 is 0 Å². The molecular weight excluding hydrogens is 240 g/mol. The SMILES string of the molecule is CC1(C)COCCN1CC(N)(CO)c1ccccc1. The Bertz CT molecular complexity index is 408. The summed E-state index contributed by atoms with van der Waals surface area (Å²) >= 11 is 0. The maximum atomic E-state index is 9.76. The lowest BCUT2D eigenvalue weighted by Gasteiger charge is -2.46. The molecular formula is C15H24N2O2. The van der Waals surface area contributed by atoms with Gasteiger partial charge in [0.05, 0.1) is 25.4 Å². The summed E-state index contributed by atoms with van der Waals surface area (Å²) in [6.45, 7) is 7.13. The van der Waals surface area contributed by atoms with Crippen LogP contribution < -0.4 is 5.73 Å². The second-order valence-electron chi connectivity index (χ2n) is 5.97. The van der Waals surface area contributed by atoms with E-state index in [4.69, 9.17) is 10.5 Å². The predicted octanol–water partition coefficient (Wildman–Crippen LogP) is 0.944. The van der Waals surface area contributed by atoms with Crippen molar-refractivity contribution in [2.45, 2.75) is 24.9 Å². The van der Waals surface area contributed by atoms with Crippen LogP contribution in [0.2, 0.25) is 0 Å². The molecule has 0 spiro atoms. The molecule has 106 valence electrons. The van der Waals surface area contributed by atoms with Crippen molar-refractivity contribution in [1.82, 2.24) is 4.90 Å². The Balaban J connectivity index is 2.18. The topological polar surface area (TPSA) is 58.7 Å². The standard InChI is InChI=1S/C15H24N2O2/c1-14(2)12-19-9-8-17(14)10-15(16,11-18)13-6-4-3-5-7-13/h3-7,18H,8-12,16H2,1-2H3. The second kappa shape index (κ2) is 5.59. The average molecular weight is 264 g/mol. The summed E-state index contributed by atoms with van der Waals surface area (Å²) in [6.07, 6.45) is 0. The summed E-state index contributed by atoms with van der Waals surface area (Å²) < 4.78 is 5.52. The molecule has 1 aromatic carbocycles. The highest BCUT2D eigenvalue weighted by Gasteiger charge is 2.37. The summed E-state index contributed by atoms with van der Waals surface area (Å²) in [5.74, 6) is 0. The van der Waals surface area contributed by atoms with E-state index in [1.54, 1.807) is 0 Å². The number of benzene rings is 1. The van der Waals surface area contributed by atoms with Crippen LogP contribution in [0.1, 0.15) is 19.4 Å². The van der Waals surface area contributed by atoms with Gasteiger partial charge in [0, 0.05) is 18.6 Å². The van der Waals surface area contributed by atoms with Gasteiger partial charge in [-0.1, -0.05) is 30.3 Å². The van der Waals surface area contributed by atoms with E-state index in [1.165, 1.54) is 0 Å². The van der Waals surface area contributed by atoms with Gasteiger partial charge >= 0.3 is 0 Å². The monoisotopic (exact) mass is 264 g/mol. The van der Waals surface area contributed by atoms with Gasteiger partial charge in [-0.3, -0.25) is 4.90 Å². The zero-order chi connectivity index (χ0) is 13.9. The highest BCUT2D eigenvalue weighted by atomic mass is 16.5. The van der Waals surface area contributed by atoms with E-state index in [0.29, 0.717) is 13.2 Å². The predicted molar refractivity (Wildman–Crippen MR) is 75.9 cm³/mol. The van der Waals surface area contributed by atoms with Crippen molar-refractivity contribution in [3.63, 3.8) is 0 Å². The molecule has 0 bridgehead atoms. The van der Waals surface area contributed by atoms with E-state index in [-0.39, 0.29) is 12.1 Å². The first-order chi connectivity index (χ1) is 8.98. The molecule has 1 aliphatic heterocycles. The second-order valence-corrected chi connectivity index (χ2v) is 5.97. The van der Waals surface area contributed by atoms with Gasteiger partial charge < -0.3 is 15.6 Å². The summed E-state index contributed by atoms with van der Waals surface area (Å²) in [4.78, 5) is 2.31. The minimum atomic E-state index is -0.726. The van der Waals surface area contributed by atoms with Crippen LogP contribution in [-0.2, 0) is 10.3 Å². The number of morpholine rings is 1. The van der Waals surface area contributed by atoms with Gasteiger partial charge in [0.1, 0.15) is 0 Å². The van der Waals surface area contributed by atoms with Crippen LogP contribution in [0.3, 0.4) is 0 Å². The maximum Gasteiger partial charge on any atom is 0.0773 e. The lowest BCUT2D eigenvalue weighted by molar-refractivity contribution is -0.0637. The van der Waals surface area contributed by atoms with Gasteiger partial charge in [-0.15, -0.1) is 0 Å². The molecule has 4 nitrogen and oxygen atoms in total. The van der Waals surface area contributed by atoms with E-state index in [1.807, 2.05) is 30.3 Å². The van der Waals surface area contributed by atoms with Gasteiger partial charge in [-0.2, -0.15) is 0 Å². The minimum absolute atomic E-state index is 0.0488. The molecule has 1 aromatic rings. The molecule has 1 aliphatic rings. The largest absolute Gasteiger partial charge is 0.394 e. The fourth-order valence-corrected chi connectivity index (χ4v) is 2.53. The number of hydrogen-bond acceptors (Lipinski definition) is 4. The molecule has 0 aromatic heterocycles. The summed E-state index contributed by atoms with van der Waals surface area (Å²) in [5, 5.41) is 9.76. The molecule has 3 N–H and O–H groups in total. The summed E-state index contributed by atoms with van der Waals surface area (Å²) in [6, 6.07) is 9.82. The number of nitrogens with two attached hydrogens (primary N) is 1. The van der Waals surface area contributed by atoms with Crippen molar-refractivity contribution in [3.8, 4) is 0 Å². The number of aliphatic hydroxyl groups is 1. The Hall–Kier alpha value is -0.940. The number of hydrogen-bond donors (Lipinski definition) is 2. The van der Waals surface area contributed by atoms with Crippen molar-refractivity contribution in [1.29, 1.82) is 0 Å². The first-order valence-corrected chi connectivity index (χ1v) is 6.76. The smallest absolute Gasteiger partial charge is 0.0773 e. The summed E-state index contributed by atoms with van der Waals surface area (Å²) in [7, 11) is 0. The van der Waals surface area contributed by atoms with Crippen LogP contribution in [0.25, 0.3) is 0 Å². The number of aliphatic hydroxyl groups excluding tert-OH is 1. The Morgan fingerprint density at radius 3 is 2.63 bits per heavy atom. The highest BCUT2D eigenvalue weighted by molar-refractivity contribution is 5.25. The number of ether oxygens (including phenoxy) is 1. The lowest BCUT2D eigenvalue weighted by Crippen LogP contribution is -2.60. The summed E-state index contributed by atoms with van der Waals surface area (Å²) in [5.41, 5.74) is 6.63. The van der Waals surface area contributed by atoms with E-state index in [9.17, 15) is 5.11 Å². The number of rotatable bonds is 4. The van der Waals surface area contributed by atoms with Crippen molar-refractivity contribution in [3.05, 3.63) is 35.9 Å². The molecule has 0 radical (unpaired) electrons. The minimum Gasteiger partial charge on any atom is -0.394 e. The third-order valence-electron chi connectivity index (χ3n) is 3.92. The third kappa shape index (κ3) is 3.15. The fourth-order valence-electron chi connectivity index (χ4n) is 2.53. The van der Waals surface area contributed by atoms with E-state index in [0.717, 1.165) is 18.7 Å². The normalized spacial score (nSPS) is 22.9. The van der Waals surface area contributed by atoms with Crippen LogP contribution in [0.5, 0.6) is 0 Å². The Morgan fingerprint density at radius 1 is 1.37 bits per heavy atom. The maximum absolute atomic E-state index is 9.76. The van der Waals surface area contributed by atoms with Gasteiger partial charge in [-0.05, 0) is 19.4 Å². The molecule has 1 heterocycles. The van der Waals surface area contributed by atoms with Crippen molar-refractivity contribution >= 4 is 0 Å². The molecule has 1 fully saturated rings. The van der Waals surface area contributed by atoms with Gasteiger partial charge in [0.15, 0.2) is 0 Å². The molecule has 2 rings (SSSR count). The quantitative estimate of drug-likeness (QED) is 0.850. The zero-order valence-electron chi connectivity index (χ0n) is 11.8. The fraction of sp³-hybridized carbons (Fsp3) is 0.600. The van der Waals surface area contributed by atoms with Crippen LogP contribution in [0.15, 0.2) is 30.3 Å². The molecule has 1 saturated heterocycles.